The Balaban J connectivity index is 2.17. The van der Waals surface area contributed by atoms with E-state index in [0.29, 0.717) is 5.69 Å². The second-order valence-electron chi connectivity index (χ2n) is 2.98. The lowest BCUT2D eigenvalue weighted by molar-refractivity contribution is 0.101. The molecule has 0 radical (unpaired) electrons. The van der Waals surface area contributed by atoms with Gasteiger partial charge in [0.25, 0.3) is 5.91 Å². The van der Waals surface area contributed by atoms with Crippen LogP contribution in [0.25, 0.3) is 0 Å². The van der Waals surface area contributed by atoms with E-state index in [1.54, 1.807) is 18.5 Å². The van der Waals surface area contributed by atoms with Crippen LogP contribution in [0.4, 0.5) is 5.69 Å². The predicted octanol–water partition coefficient (Wildman–Crippen LogP) is 0.760. The highest BCUT2D eigenvalue weighted by atomic mass is 16.2. The van der Waals surface area contributed by atoms with Crippen LogP contribution in [-0.4, -0.2) is 26.1 Å². The maximum Gasteiger partial charge on any atom is 0.292 e. The minimum Gasteiger partial charge on any atom is -0.319 e. The Morgan fingerprint density at radius 3 is 3.07 bits per heavy atom. The Labute approximate surface area is 85.8 Å². The summed E-state index contributed by atoms with van der Waals surface area (Å²) in [5.41, 5.74) is 1.61. The summed E-state index contributed by atoms with van der Waals surface area (Å²) in [6.07, 6.45) is 4.58. The third-order valence-corrected chi connectivity index (χ3v) is 1.90. The van der Waals surface area contributed by atoms with Crippen LogP contribution in [0.2, 0.25) is 0 Å². The number of pyridine rings is 1. The van der Waals surface area contributed by atoms with Crippen molar-refractivity contribution < 1.29 is 4.79 Å². The quantitative estimate of drug-likeness (QED) is 0.754. The van der Waals surface area contributed by atoms with Gasteiger partial charge < -0.3 is 5.32 Å². The van der Waals surface area contributed by atoms with Crippen molar-refractivity contribution in [1.82, 2.24) is 20.2 Å². The number of aromatic amines is 1. The summed E-state index contributed by atoms with van der Waals surface area (Å²) in [6, 6.07) is 1.73. The number of hydrogen-bond acceptors (Lipinski definition) is 4. The van der Waals surface area contributed by atoms with Gasteiger partial charge in [-0.1, -0.05) is 0 Å². The summed E-state index contributed by atoms with van der Waals surface area (Å²) >= 11 is 0. The topological polar surface area (TPSA) is 83.6 Å². The SMILES string of the molecule is Cc1cnccc1NC(=O)c1ncn[nH]1. The second kappa shape index (κ2) is 3.87. The van der Waals surface area contributed by atoms with Crippen molar-refractivity contribution in [1.29, 1.82) is 0 Å². The molecule has 15 heavy (non-hydrogen) atoms. The van der Waals surface area contributed by atoms with E-state index in [1.807, 2.05) is 6.92 Å². The molecule has 0 atom stereocenters. The van der Waals surface area contributed by atoms with E-state index in [1.165, 1.54) is 6.33 Å². The molecule has 2 heterocycles. The molecule has 2 aromatic heterocycles. The number of anilines is 1. The van der Waals surface area contributed by atoms with Crippen LogP contribution in [-0.2, 0) is 0 Å². The zero-order valence-corrected chi connectivity index (χ0v) is 8.06. The van der Waals surface area contributed by atoms with Crippen molar-refractivity contribution in [2.24, 2.45) is 0 Å². The van der Waals surface area contributed by atoms with Gasteiger partial charge in [0.1, 0.15) is 6.33 Å². The molecular weight excluding hydrogens is 194 g/mol. The van der Waals surface area contributed by atoms with Crippen LogP contribution in [0.3, 0.4) is 0 Å². The third-order valence-electron chi connectivity index (χ3n) is 1.90. The number of carbonyl (C=O) groups excluding carboxylic acids is 1. The Bertz CT molecular complexity index is 465. The van der Waals surface area contributed by atoms with E-state index in [0.717, 1.165) is 5.56 Å². The maximum absolute atomic E-state index is 11.6. The largest absolute Gasteiger partial charge is 0.319 e. The molecule has 2 aromatic rings. The van der Waals surface area contributed by atoms with Crippen molar-refractivity contribution in [3.05, 3.63) is 36.2 Å². The van der Waals surface area contributed by atoms with E-state index in [2.05, 4.69) is 25.5 Å². The molecule has 2 N–H and O–H groups in total. The Hall–Kier alpha value is -2.24. The molecule has 0 aromatic carbocycles. The standard InChI is InChI=1S/C9H9N5O/c1-6-4-10-3-2-7(6)13-9(15)8-11-5-12-14-8/h2-5H,1H3,(H,10,13,15)(H,11,12,14). The van der Waals surface area contributed by atoms with Gasteiger partial charge in [-0.15, -0.1) is 0 Å². The average molecular weight is 203 g/mol. The van der Waals surface area contributed by atoms with E-state index in [9.17, 15) is 4.79 Å². The van der Waals surface area contributed by atoms with Gasteiger partial charge in [0, 0.05) is 18.1 Å². The molecule has 0 fully saturated rings. The monoisotopic (exact) mass is 203 g/mol. The minimum absolute atomic E-state index is 0.186. The molecule has 0 spiro atoms. The smallest absolute Gasteiger partial charge is 0.292 e. The summed E-state index contributed by atoms with van der Waals surface area (Å²) in [7, 11) is 0. The van der Waals surface area contributed by atoms with E-state index < -0.39 is 0 Å². The minimum atomic E-state index is -0.318. The Morgan fingerprint density at radius 1 is 1.53 bits per heavy atom. The number of carbonyl (C=O) groups is 1. The highest BCUT2D eigenvalue weighted by Crippen LogP contribution is 2.11. The van der Waals surface area contributed by atoms with E-state index in [4.69, 9.17) is 0 Å². The lowest BCUT2D eigenvalue weighted by Crippen LogP contribution is -2.14. The molecule has 1 amide bonds. The summed E-state index contributed by atoms with van der Waals surface area (Å²) in [4.78, 5) is 19.2. The summed E-state index contributed by atoms with van der Waals surface area (Å²) < 4.78 is 0. The molecule has 0 bridgehead atoms. The van der Waals surface area contributed by atoms with Crippen molar-refractivity contribution in [3.63, 3.8) is 0 Å². The second-order valence-corrected chi connectivity index (χ2v) is 2.98. The molecular formula is C9H9N5O. The number of amides is 1. The molecule has 2 rings (SSSR count). The number of aromatic nitrogens is 4. The predicted molar refractivity (Wildman–Crippen MR) is 53.3 cm³/mol. The van der Waals surface area contributed by atoms with Crippen molar-refractivity contribution in [2.45, 2.75) is 6.92 Å². The Morgan fingerprint density at radius 2 is 2.40 bits per heavy atom. The first-order chi connectivity index (χ1) is 7.27. The molecule has 6 heteroatoms. The number of H-pyrrole nitrogens is 1. The fourth-order valence-corrected chi connectivity index (χ4v) is 1.11. The number of aryl methyl sites for hydroxylation is 1. The molecule has 0 saturated carbocycles. The summed E-state index contributed by atoms with van der Waals surface area (Å²) in [6.45, 7) is 1.86. The van der Waals surface area contributed by atoms with Crippen LogP contribution >= 0.6 is 0 Å². The van der Waals surface area contributed by atoms with Gasteiger partial charge >= 0.3 is 0 Å². The van der Waals surface area contributed by atoms with Crippen LogP contribution < -0.4 is 5.32 Å². The zero-order valence-electron chi connectivity index (χ0n) is 8.06. The Kier molecular flexibility index (Phi) is 2.40. The van der Waals surface area contributed by atoms with Gasteiger partial charge in [-0.25, -0.2) is 4.98 Å². The molecule has 0 unspecified atom stereocenters. The highest BCUT2D eigenvalue weighted by Gasteiger charge is 2.09. The first-order valence-corrected chi connectivity index (χ1v) is 4.34. The average Bonchev–Trinajstić information content (AvgIpc) is 2.74. The van der Waals surface area contributed by atoms with Gasteiger partial charge in [0.2, 0.25) is 5.82 Å². The fourth-order valence-electron chi connectivity index (χ4n) is 1.11. The molecule has 0 saturated heterocycles. The van der Waals surface area contributed by atoms with Gasteiger partial charge in [0.15, 0.2) is 0 Å². The molecule has 0 aliphatic heterocycles. The molecule has 6 nitrogen and oxygen atoms in total. The van der Waals surface area contributed by atoms with E-state index in [-0.39, 0.29) is 11.7 Å². The number of rotatable bonds is 2. The van der Waals surface area contributed by atoms with Crippen LogP contribution in [0.5, 0.6) is 0 Å². The van der Waals surface area contributed by atoms with Gasteiger partial charge in [-0.3, -0.25) is 14.9 Å². The van der Waals surface area contributed by atoms with Crippen molar-refractivity contribution in [3.8, 4) is 0 Å². The van der Waals surface area contributed by atoms with Gasteiger partial charge in [0.05, 0.1) is 0 Å². The number of nitrogens with one attached hydrogen (secondary N) is 2. The lowest BCUT2D eigenvalue weighted by Gasteiger charge is -2.04. The summed E-state index contributed by atoms with van der Waals surface area (Å²) in [5, 5.41) is 8.79. The number of nitrogens with zero attached hydrogens (tertiary/aromatic N) is 3. The van der Waals surface area contributed by atoms with E-state index >= 15 is 0 Å². The lowest BCUT2D eigenvalue weighted by atomic mass is 10.2. The van der Waals surface area contributed by atoms with Crippen molar-refractivity contribution in [2.75, 3.05) is 5.32 Å². The molecule has 0 aliphatic carbocycles. The maximum atomic E-state index is 11.6. The number of hydrogen-bond donors (Lipinski definition) is 2. The van der Waals surface area contributed by atoms with Crippen LogP contribution in [0, 0.1) is 6.92 Å². The first-order valence-electron chi connectivity index (χ1n) is 4.34. The highest BCUT2D eigenvalue weighted by molar-refractivity contribution is 6.01. The van der Waals surface area contributed by atoms with Gasteiger partial charge in [-0.05, 0) is 18.6 Å². The molecule has 76 valence electrons. The zero-order chi connectivity index (χ0) is 10.7. The van der Waals surface area contributed by atoms with Crippen LogP contribution in [0.15, 0.2) is 24.8 Å². The third kappa shape index (κ3) is 1.98. The summed E-state index contributed by atoms with van der Waals surface area (Å²) in [5.74, 6) is -0.131. The normalized spacial score (nSPS) is 9.93. The first kappa shape index (κ1) is 9.32. The van der Waals surface area contributed by atoms with Gasteiger partial charge in [-0.2, -0.15) is 5.10 Å². The molecule has 0 aliphatic rings. The van der Waals surface area contributed by atoms with Crippen molar-refractivity contribution >= 4 is 11.6 Å². The van der Waals surface area contributed by atoms with Crippen LogP contribution in [0.1, 0.15) is 16.2 Å². The fraction of sp³-hybridized carbons (Fsp3) is 0.111.